The fraction of sp³-hybridized carbons (Fsp3) is 0.100. The van der Waals surface area contributed by atoms with E-state index in [1.165, 1.54) is 30.1 Å². The molecule has 1 aromatic heterocycles. The average molecular weight is 371 g/mol. The van der Waals surface area contributed by atoms with E-state index >= 15 is 0 Å². The van der Waals surface area contributed by atoms with Crippen LogP contribution in [0.4, 0.5) is 23.7 Å². The van der Waals surface area contributed by atoms with Crippen LogP contribution in [0.5, 0.6) is 0 Å². The van der Waals surface area contributed by atoms with Gasteiger partial charge in [0.15, 0.2) is 0 Å². The van der Waals surface area contributed by atoms with Crippen molar-refractivity contribution in [3.05, 3.63) is 95.6 Å². The molecule has 3 aromatic rings. The number of carbonyl (C=O) groups excluding carboxylic acids is 1. The number of hydrogen-bond donors (Lipinski definition) is 1. The van der Waals surface area contributed by atoms with E-state index < -0.39 is 29.5 Å². The number of aromatic nitrogens is 1. The topological polar surface area (TPSA) is 45.2 Å². The maximum absolute atomic E-state index is 13.8. The lowest BCUT2D eigenvalue weighted by molar-refractivity contribution is 0.211. The second kappa shape index (κ2) is 7.90. The maximum Gasteiger partial charge on any atom is 0.322 e. The van der Waals surface area contributed by atoms with Gasteiger partial charge in [-0.2, -0.15) is 0 Å². The first-order chi connectivity index (χ1) is 13.0. The van der Waals surface area contributed by atoms with Gasteiger partial charge in [0, 0.05) is 19.3 Å². The van der Waals surface area contributed by atoms with Crippen LogP contribution >= 0.6 is 0 Å². The third-order valence-corrected chi connectivity index (χ3v) is 4.01. The van der Waals surface area contributed by atoms with E-state index in [4.69, 9.17) is 0 Å². The van der Waals surface area contributed by atoms with Crippen molar-refractivity contribution in [3.8, 4) is 0 Å². The molecule has 0 saturated heterocycles. The maximum atomic E-state index is 13.8. The molecule has 0 bridgehead atoms. The highest BCUT2D eigenvalue weighted by atomic mass is 19.1. The molecule has 3 rings (SSSR count). The number of amides is 2. The van der Waals surface area contributed by atoms with Crippen molar-refractivity contribution in [1.82, 2.24) is 9.88 Å². The lowest BCUT2D eigenvalue weighted by Gasteiger charge is -2.28. The molecular weight excluding hydrogens is 355 g/mol. The quantitative estimate of drug-likeness (QED) is 0.719. The van der Waals surface area contributed by atoms with Gasteiger partial charge in [-0.05, 0) is 42.0 Å². The molecule has 1 heterocycles. The van der Waals surface area contributed by atoms with E-state index in [1.54, 1.807) is 30.5 Å². The molecule has 7 heteroatoms. The number of halogens is 3. The predicted molar refractivity (Wildman–Crippen MR) is 95.6 cm³/mol. The standard InChI is InChI=1S/C20H16F3N3O/c1-26(20(27)25-17-9-8-15(22)12-16(17)23)19(18-7-2-3-10-24-18)13-5-4-6-14(21)11-13/h2-12,19H,1H3,(H,25,27)/t19-/m1/s1. The number of nitrogens with one attached hydrogen (secondary N) is 1. The zero-order valence-electron chi connectivity index (χ0n) is 14.4. The third kappa shape index (κ3) is 4.25. The summed E-state index contributed by atoms with van der Waals surface area (Å²) in [6.45, 7) is 0. The Balaban J connectivity index is 1.93. The molecule has 2 amide bonds. The minimum atomic E-state index is -0.892. The molecule has 0 aliphatic rings. The first kappa shape index (κ1) is 18.4. The second-order valence-corrected chi connectivity index (χ2v) is 5.88. The Morgan fingerprint density at radius 2 is 1.78 bits per heavy atom. The fourth-order valence-corrected chi connectivity index (χ4v) is 2.72. The van der Waals surface area contributed by atoms with Gasteiger partial charge < -0.3 is 10.2 Å². The van der Waals surface area contributed by atoms with Crippen LogP contribution in [-0.2, 0) is 0 Å². The third-order valence-electron chi connectivity index (χ3n) is 4.01. The van der Waals surface area contributed by atoms with Crippen molar-refractivity contribution in [2.45, 2.75) is 6.04 Å². The number of pyridine rings is 1. The van der Waals surface area contributed by atoms with E-state index in [0.29, 0.717) is 17.3 Å². The number of rotatable bonds is 4. The van der Waals surface area contributed by atoms with E-state index in [2.05, 4.69) is 10.3 Å². The molecule has 2 aromatic carbocycles. The summed E-state index contributed by atoms with van der Waals surface area (Å²) in [7, 11) is 1.49. The average Bonchev–Trinajstić information content (AvgIpc) is 2.65. The number of urea groups is 1. The summed E-state index contributed by atoms with van der Waals surface area (Å²) in [5.74, 6) is -2.09. The number of carbonyl (C=O) groups is 1. The van der Waals surface area contributed by atoms with E-state index in [1.807, 2.05) is 0 Å². The zero-order valence-corrected chi connectivity index (χ0v) is 14.4. The van der Waals surface area contributed by atoms with Crippen molar-refractivity contribution in [3.63, 3.8) is 0 Å². The van der Waals surface area contributed by atoms with Crippen LogP contribution in [0.15, 0.2) is 66.9 Å². The van der Waals surface area contributed by atoms with Crippen molar-refractivity contribution in [2.24, 2.45) is 0 Å². The number of hydrogen-bond acceptors (Lipinski definition) is 2. The van der Waals surface area contributed by atoms with Gasteiger partial charge in [0.2, 0.25) is 0 Å². The van der Waals surface area contributed by atoms with Crippen molar-refractivity contribution >= 4 is 11.7 Å². The van der Waals surface area contributed by atoms with Gasteiger partial charge in [-0.1, -0.05) is 18.2 Å². The van der Waals surface area contributed by atoms with E-state index in [-0.39, 0.29) is 5.69 Å². The summed E-state index contributed by atoms with van der Waals surface area (Å²) in [6, 6.07) is 12.5. The van der Waals surface area contributed by atoms with Crippen LogP contribution in [0.3, 0.4) is 0 Å². The summed E-state index contributed by atoms with van der Waals surface area (Å²) in [6.07, 6.45) is 1.56. The van der Waals surface area contributed by atoms with Crippen LogP contribution in [0.1, 0.15) is 17.3 Å². The zero-order chi connectivity index (χ0) is 19.4. The molecule has 0 spiro atoms. The Hall–Kier alpha value is -3.35. The minimum absolute atomic E-state index is 0.160. The Bertz CT molecular complexity index is 950. The molecule has 0 aliphatic carbocycles. The summed E-state index contributed by atoms with van der Waals surface area (Å²) in [5, 5.41) is 2.40. The molecule has 138 valence electrons. The number of benzene rings is 2. The van der Waals surface area contributed by atoms with Gasteiger partial charge in [0.25, 0.3) is 0 Å². The first-order valence-electron chi connectivity index (χ1n) is 8.11. The predicted octanol–water partition coefficient (Wildman–Crippen LogP) is 4.75. The van der Waals surface area contributed by atoms with Gasteiger partial charge in [-0.25, -0.2) is 18.0 Å². The van der Waals surface area contributed by atoms with Crippen molar-refractivity contribution < 1.29 is 18.0 Å². The normalized spacial score (nSPS) is 11.7. The highest BCUT2D eigenvalue weighted by molar-refractivity contribution is 5.89. The summed E-state index contributed by atoms with van der Waals surface area (Å²) < 4.78 is 40.6. The molecule has 0 unspecified atom stereocenters. The van der Waals surface area contributed by atoms with Gasteiger partial charge in [0.1, 0.15) is 23.5 Å². The van der Waals surface area contributed by atoms with Gasteiger partial charge in [-0.15, -0.1) is 0 Å². The van der Waals surface area contributed by atoms with Gasteiger partial charge in [-0.3, -0.25) is 4.98 Å². The molecule has 1 atom stereocenters. The molecule has 0 saturated carbocycles. The molecule has 27 heavy (non-hydrogen) atoms. The summed E-state index contributed by atoms with van der Waals surface area (Å²) in [4.78, 5) is 18.2. The Labute approximate surface area is 154 Å². The summed E-state index contributed by atoms with van der Waals surface area (Å²) >= 11 is 0. The molecular formula is C20H16F3N3O. The van der Waals surface area contributed by atoms with Crippen LogP contribution in [0.25, 0.3) is 0 Å². The van der Waals surface area contributed by atoms with Crippen LogP contribution in [0, 0.1) is 17.5 Å². The Kier molecular flexibility index (Phi) is 5.40. The van der Waals surface area contributed by atoms with Gasteiger partial charge in [0.05, 0.1) is 11.4 Å². The van der Waals surface area contributed by atoms with Gasteiger partial charge >= 0.3 is 6.03 Å². The Morgan fingerprint density at radius 1 is 1.00 bits per heavy atom. The molecule has 1 N–H and O–H groups in total. The Morgan fingerprint density at radius 3 is 2.44 bits per heavy atom. The van der Waals surface area contributed by atoms with E-state index in [0.717, 1.165) is 12.1 Å². The molecule has 0 radical (unpaired) electrons. The van der Waals surface area contributed by atoms with Crippen molar-refractivity contribution in [2.75, 3.05) is 12.4 Å². The van der Waals surface area contributed by atoms with E-state index in [9.17, 15) is 18.0 Å². The van der Waals surface area contributed by atoms with Crippen molar-refractivity contribution in [1.29, 1.82) is 0 Å². The van der Waals surface area contributed by atoms with Crippen LogP contribution < -0.4 is 5.32 Å². The fourth-order valence-electron chi connectivity index (χ4n) is 2.72. The monoisotopic (exact) mass is 371 g/mol. The lowest BCUT2D eigenvalue weighted by Crippen LogP contribution is -2.36. The second-order valence-electron chi connectivity index (χ2n) is 5.88. The largest absolute Gasteiger partial charge is 0.322 e. The van der Waals surface area contributed by atoms with Crippen LogP contribution in [0.2, 0.25) is 0 Å². The minimum Gasteiger partial charge on any atom is -0.315 e. The van der Waals surface area contributed by atoms with Crippen LogP contribution in [-0.4, -0.2) is 23.0 Å². The number of anilines is 1. The number of nitrogens with zero attached hydrogens (tertiary/aromatic N) is 2. The smallest absolute Gasteiger partial charge is 0.315 e. The molecule has 0 fully saturated rings. The molecule has 4 nitrogen and oxygen atoms in total. The lowest BCUT2D eigenvalue weighted by atomic mass is 10.0. The summed E-state index contributed by atoms with van der Waals surface area (Å²) in [5.41, 5.74) is 0.860. The SMILES string of the molecule is CN(C(=O)Nc1ccc(F)cc1F)[C@H](c1cccc(F)c1)c1ccccn1. The highest BCUT2D eigenvalue weighted by Crippen LogP contribution is 2.27. The molecule has 0 aliphatic heterocycles. The highest BCUT2D eigenvalue weighted by Gasteiger charge is 2.25. The first-order valence-corrected chi connectivity index (χ1v) is 8.11.